The molecule has 0 bridgehead atoms. The molecule has 2 aromatic rings. The summed E-state index contributed by atoms with van der Waals surface area (Å²) in [6, 6.07) is 6.65. The van der Waals surface area contributed by atoms with Crippen LogP contribution in [-0.4, -0.2) is 0 Å². The van der Waals surface area contributed by atoms with Gasteiger partial charge in [-0.05, 0) is 45.4 Å². The summed E-state index contributed by atoms with van der Waals surface area (Å²) in [5, 5.41) is 2.58. The Bertz CT molecular complexity index is 547. The fourth-order valence-corrected chi connectivity index (χ4v) is 3.38. The third kappa shape index (κ3) is 2.92. The summed E-state index contributed by atoms with van der Waals surface area (Å²) < 4.78 is 13.9. The van der Waals surface area contributed by atoms with Crippen molar-refractivity contribution in [1.82, 2.24) is 5.43 Å². The van der Waals surface area contributed by atoms with Crippen molar-refractivity contribution in [2.24, 2.45) is 5.84 Å². The number of nitrogens with one attached hydrogen (secondary N) is 1. The van der Waals surface area contributed by atoms with E-state index in [1.165, 1.54) is 17.4 Å². The Hall–Kier alpha value is -0.460. The molecule has 2 nitrogen and oxygen atoms in total. The van der Waals surface area contributed by atoms with Gasteiger partial charge in [-0.3, -0.25) is 11.3 Å². The number of halogens is 3. The van der Waals surface area contributed by atoms with Gasteiger partial charge >= 0.3 is 0 Å². The summed E-state index contributed by atoms with van der Waals surface area (Å²) in [5.74, 6) is 5.28. The molecule has 6 heteroatoms. The molecule has 0 saturated carbocycles. The highest BCUT2D eigenvalue weighted by Crippen LogP contribution is 2.32. The zero-order valence-electron chi connectivity index (χ0n) is 9.29. The second-order valence-corrected chi connectivity index (χ2v) is 5.92. The van der Waals surface area contributed by atoms with E-state index in [4.69, 9.17) is 17.4 Å². The molecule has 1 aromatic carbocycles. The molecule has 18 heavy (non-hydrogen) atoms. The summed E-state index contributed by atoms with van der Waals surface area (Å²) in [7, 11) is 0. The van der Waals surface area contributed by atoms with Gasteiger partial charge in [0.2, 0.25) is 0 Å². The Morgan fingerprint density at radius 2 is 2.22 bits per heavy atom. The molecular formula is C12H11BrClFN2S. The van der Waals surface area contributed by atoms with Crippen molar-refractivity contribution in [1.29, 1.82) is 0 Å². The number of thiophene rings is 1. The van der Waals surface area contributed by atoms with Crippen LogP contribution in [0.25, 0.3) is 0 Å². The van der Waals surface area contributed by atoms with Crippen molar-refractivity contribution in [3.05, 3.63) is 55.4 Å². The van der Waals surface area contributed by atoms with Crippen LogP contribution in [0.15, 0.2) is 34.1 Å². The molecule has 0 fully saturated rings. The zero-order chi connectivity index (χ0) is 13.1. The van der Waals surface area contributed by atoms with Gasteiger partial charge in [0, 0.05) is 4.88 Å². The number of hydrogen-bond acceptors (Lipinski definition) is 3. The van der Waals surface area contributed by atoms with Gasteiger partial charge in [0.25, 0.3) is 0 Å². The highest BCUT2D eigenvalue weighted by atomic mass is 79.9. The molecule has 3 N–H and O–H groups in total. The first-order chi connectivity index (χ1) is 8.63. The van der Waals surface area contributed by atoms with E-state index in [0.29, 0.717) is 15.9 Å². The maximum absolute atomic E-state index is 13.4. The monoisotopic (exact) mass is 348 g/mol. The van der Waals surface area contributed by atoms with Gasteiger partial charge in [0.15, 0.2) is 0 Å². The lowest BCUT2D eigenvalue weighted by atomic mass is 10.1. The summed E-state index contributed by atoms with van der Waals surface area (Å²) in [4.78, 5) is 0.954. The Balaban J connectivity index is 2.26. The van der Waals surface area contributed by atoms with Crippen molar-refractivity contribution in [2.45, 2.75) is 12.5 Å². The smallest absolute Gasteiger partial charge is 0.137 e. The van der Waals surface area contributed by atoms with Gasteiger partial charge in [-0.1, -0.05) is 23.7 Å². The largest absolute Gasteiger partial charge is 0.271 e. The van der Waals surface area contributed by atoms with Crippen LogP contribution in [0.3, 0.4) is 0 Å². The van der Waals surface area contributed by atoms with Crippen molar-refractivity contribution in [3.63, 3.8) is 0 Å². The lowest BCUT2D eigenvalue weighted by molar-refractivity contribution is 0.554. The molecule has 2 rings (SSSR count). The predicted octanol–water partition coefficient (Wildman–Crippen LogP) is 4.05. The van der Waals surface area contributed by atoms with Crippen LogP contribution < -0.4 is 11.3 Å². The number of rotatable bonds is 4. The van der Waals surface area contributed by atoms with E-state index in [1.54, 1.807) is 6.07 Å². The summed E-state index contributed by atoms with van der Waals surface area (Å²) in [6.45, 7) is 0. The standard InChI is InChI=1S/C12H11BrClFN2S/c13-11-7(2-1-3-9(11)15)6-10(17-16)12-8(14)4-5-18-12/h1-5,10,17H,6,16H2. The van der Waals surface area contributed by atoms with Crippen LogP contribution in [0.2, 0.25) is 5.02 Å². The molecule has 1 unspecified atom stereocenters. The summed E-state index contributed by atoms with van der Waals surface area (Å²) in [5.41, 5.74) is 3.57. The maximum atomic E-state index is 13.4. The minimum Gasteiger partial charge on any atom is -0.271 e. The quantitative estimate of drug-likeness (QED) is 0.645. The predicted molar refractivity (Wildman–Crippen MR) is 77.2 cm³/mol. The normalized spacial score (nSPS) is 12.7. The van der Waals surface area contributed by atoms with Gasteiger partial charge in [0.1, 0.15) is 5.82 Å². The SMILES string of the molecule is NNC(Cc1cccc(F)c1Br)c1sccc1Cl. The van der Waals surface area contributed by atoms with Crippen LogP contribution in [0.5, 0.6) is 0 Å². The topological polar surface area (TPSA) is 38.0 Å². The van der Waals surface area contributed by atoms with Crippen LogP contribution in [0.1, 0.15) is 16.5 Å². The number of benzene rings is 1. The molecule has 0 aliphatic heterocycles. The fourth-order valence-electron chi connectivity index (χ4n) is 1.71. The second-order valence-electron chi connectivity index (χ2n) is 3.77. The number of hydrazine groups is 1. The van der Waals surface area contributed by atoms with Gasteiger partial charge < -0.3 is 0 Å². The van der Waals surface area contributed by atoms with E-state index in [9.17, 15) is 4.39 Å². The van der Waals surface area contributed by atoms with E-state index >= 15 is 0 Å². The first-order valence-electron chi connectivity index (χ1n) is 5.25. The van der Waals surface area contributed by atoms with Crippen LogP contribution in [0.4, 0.5) is 4.39 Å². The highest BCUT2D eigenvalue weighted by Gasteiger charge is 2.17. The fraction of sp³-hybridized carbons (Fsp3) is 0.167. The molecule has 96 valence electrons. The first-order valence-corrected chi connectivity index (χ1v) is 7.30. The Labute approximate surface area is 122 Å². The van der Waals surface area contributed by atoms with E-state index in [1.807, 2.05) is 17.5 Å². The minimum absolute atomic E-state index is 0.129. The van der Waals surface area contributed by atoms with Crippen molar-refractivity contribution in [3.8, 4) is 0 Å². The average molecular weight is 350 g/mol. The molecule has 0 aliphatic carbocycles. The van der Waals surface area contributed by atoms with Crippen molar-refractivity contribution in [2.75, 3.05) is 0 Å². The lowest BCUT2D eigenvalue weighted by Gasteiger charge is -2.16. The molecular weight excluding hydrogens is 339 g/mol. The van der Waals surface area contributed by atoms with Gasteiger partial charge in [-0.2, -0.15) is 0 Å². The molecule has 0 radical (unpaired) electrons. The Morgan fingerprint density at radius 3 is 2.83 bits per heavy atom. The van der Waals surface area contributed by atoms with Crippen LogP contribution in [-0.2, 0) is 6.42 Å². The average Bonchev–Trinajstić information content (AvgIpc) is 2.77. The first kappa shape index (κ1) is 14.0. The van der Waals surface area contributed by atoms with Crippen LogP contribution >= 0.6 is 38.9 Å². The maximum Gasteiger partial charge on any atom is 0.137 e. The molecule has 1 aromatic heterocycles. The van der Waals surface area contributed by atoms with Crippen molar-refractivity contribution < 1.29 is 4.39 Å². The van der Waals surface area contributed by atoms with Crippen molar-refractivity contribution >= 4 is 38.9 Å². The summed E-state index contributed by atoms with van der Waals surface area (Å²) in [6.07, 6.45) is 0.565. The second kappa shape index (κ2) is 6.12. The number of hydrogen-bond donors (Lipinski definition) is 2. The molecule has 0 amide bonds. The molecule has 1 heterocycles. The van der Waals surface area contributed by atoms with Gasteiger partial charge in [-0.25, -0.2) is 4.39 Å². The lowest BCUT2D eigenvalue weighted by Crippen LogP contribution is -2.29. The van der Waals surface area contributed by atoms with E-state index in [2.05, 4.69) is 21.4 Å². The third-order valence-electron chi connectivity index (χ3n) is 2.62. The molecule has 0 saturated heterocycles. The zero-order valence-corrected chi connectivity index (χ0v) is 12.4. The Kier molecular flexibility index (Phi) is 4.75. The minimum atomic E-state index is -0.277. The molecule has 1 atom stereocenters. The molecule has 0 aliphatic rings. The highest BCUT2D eigenvalue weighted by molar-refractivity contribution is 9.10. The van der Waals surface area contributed by atoms with Gasteiger partial charge in [-0.15, -0.1) is 11.3 Å². The van der Waals surface area contributed by atoms with Crippen LogP contribution in [0, 0.1) is 5.82 Å². The molecule has 0 spiro atoms. The Morgan fingerprint density at radius 1 is 1.44 bits per heavy atom. The van der Waals surface area contributed by atoms with E-state index < -0.39 is 0 Å². The summed E-state index contributed by atoms with van der Waals surface area (Å²) >= 11 is 10.9. The van der Waals surface area contributed by atoms with E-state index in [-0.39, 0.29) is 11.9 Å². The van der Waals surface area contributed by atoms with Gasteiger partial charge in [0.05, 0.1) is 15.5 Å². The van der Waals surface area contributed by atoms with E-state index in [0.717, 1.165) is 10.4 Å². The third-order valence-corrected chi connectivity index (χ3v) is 4.98. The number of nitrogens with two attached hydrogens (primary N) is 1.